The Morgan fingerprint density at radius 3 is 2.77 bits per heavy atom. The summed E-state index contributed by atoms with van der Waals surface area (Å²) in [5.74, 6) is 0.910. The van der Waals surface area contributed by atoms with E-state index in [1.54, 1.807) is 20.2 Å². The molecule has 1 aliphatic carbocycles. The van der Waals surface area contributed by atoms with Crippen LogP contribution in [0, 0.1) is 5.41 Å². The molecule has 0 aliphatic heterocycles. The summed E-state index contributed by atoms with van der Waals surface area (Å²) in [6.45, 7) is 2.19. The molecular weight excluding hydrogens is 332 g/mol. The van der Waals surface area contributed by atoms with Gasteiger partial charge in [-0.2, -0.15) is 0 Å². The molecule has 144 valence electrons. The second kappa shape index (κ2) is 10.0. The zero-order valence-corrected chi connectivity index (χ0v) is 15.7. The van der Waals surface area contributed by atoms with Crippen molar-refractivity contribution < 1.29 is 14.3 Å². The van der Waals surface area contributed by atoms with Gasteiger partial charge in [0.05, 0.1) is 0 Å². The fraction of sp³-hybridized carbons (Fsp3) is 0.579. The predicted octanol–water partition coefficient (Wildman–Crippen LogP) is 1.42. The van der Waals surface area contributed by atoms with Gasteiger partial charge in [0.1, 0.15) is 5.75 Å². The molecule has 0 saturated heterocycles. The van der Waals surface area contributed by atoms with Crippen LogP contribution >= 0.6 is 0 Å². The SMILES string of the molecule is CN=C(NCc1cccc(OCC(N)=O)c1)NCC1(CCOC)CCC1. The number of nitrogens with two attached hydrogens (primary N) is 1. The van der Waals surface area contributed by atoms with E-state index in [1.807, 2.05) is 18.2 Å². The van der Waals surface area contributed by atoms with Crippen molar-refractivity contribution in [1.29, 1.82) is 0 Å². The van der Waals surface area contributed by atoms with Gasteiger partial charge in [0.15, 0.2) is 12.6 Å². The smallest absolute Gasteiger partial charge is 0.255 e. The summed E-state index contributed by atoms with van der Waals surface area (Å²) in [5.41, 5.74) is 6.47. The molecule has 0 spiro atoms. The average molecular weight is 362 g/mol. The first-order valence-corrected chi connectivity index (χ1v) is 9.00. The summed E-state index contributed by atoms with van der Waals surface area (Å²) in [7, 11) is 3.52. The van der Waals surface area contributed by atoms with Crippen molar-refractivity contribution in [3.8, 4) is 5.75 Å². The molecule has 26 heavy (non-hydrogen) atoms. The van der Waals surface area contributed by atoms with Crippen LogP contribution in [0.5, 0.6) is 5.75 Å². The molecule has 1 saturated carbocycles. The van der Waals surface area contributed by atoms with Crippen molar-refractivity contribution >= 4 is 11.9 Å². The van der Waals surface area contributed by atoms with Gasteiger partial charge >= 0.3 is 0 Å². The summed E-state index contributed by atoms with van der Waals surface area (Å²) in [5, 5.41) is 6.75. The Balaban J connectivity index is 1.81. The molecule has 0 radical (unpaired) electrons. The molecule has 1 aliphatic rings. The first kappa shape index (κ1) is 20.0. The van der Waals surface area contributed by atoms with E-state index in [9.17, 15) is 4.79 Å². The van der Waals surface area contributed by atoms with Crippen LogP contribution < -0.4 is 21.1 Å². The molecule has 0 unspecified atom stereocenters. The molecule has 0 bridgehead atoms. The van der Waals surface area contributed by atoms with Crippen LogP contribution in [-0.4, -0.2) is 45.8 Å². The van der Waals surface area contributed by atoms with Crippen LogP contribution in [0.2, 0.25) is 0 Å². The van der Waals surface area contributed by atoms with Gasteiger partial charge in [-0.25, -0.2) is 0 Å². The lowest BCUT2D eigenvalue weighted by Crippen LogP contribution is -2.46. The van der Waals surface area contributed by atoms with Gasteiger partial charge in [0, 0.05) is 33.9 Å². The summed E-state index contributed by atoms with van der Waals surface area (Å²) in [6, 6.07) is 7.56. The first-order chi connectivity index (χ1) is 12.6. The number of ether oxygens (including phenoxy) is 2. The van der Waals surface area contributed by atoms with Crippen LogP contribution in [0.3, 0.4) is 0 Å². The molecule has 1 amide bonds. The number of nitrogens with one attached hydrogen (secondary N) is 2. The van der Waals surface area contributed by atoms with Gasteiger partial charge < -0.3 is 25.8 Å². The zero-order valence-electron chi connectivity index (χ0n) is 15.7. The second-order valence-corrected chi connectivity index (χ2v) is 6.78. The van der Waals surface area contributed by atoms with Crippen molar-refractivity contribution in [3.63, 3.8) is 0 Å². The Hall–Kier alpha value is -2.28. The van der Waals surface area contributed by atoms with Crippen LogP contribution in [0.1, 0.15) is 31.2 Å². The van der Waals surface area contributed by atoms with Crippen molar-refractivity contribution in [2.75, 3.05) is 33.9 Å². The third-order valence-electron chi connectivity index (χ3n) is 4.84. The van der Waals surface area contributed by atoms with Crippen molar-refractivity contribution in [2.45, 2.75) is 32.2 Å². The highest BCUT2D eigenvalue weighted by Crippen LogP contribution is 2.43. The highest BCUT2D eigenvalue weighted by Gasteiger charge is 2.36. The maximum absolute atomic E-state index is 10.8. The normalized spacial score (nSPS) is 15.8. The standard InChI is InChI=1S/C19H30N4O3/c1-21-18(23-14-19(7-4-8-19)9-10-25-2)22-12-15-5-3-6-16(11-15)26-13-17(20)24/h3,5-6,11H,4,7-10,12-14H2,1-2H3,(H2,20,24)(H2,21,22,23). The van der Waals surface area contributed by atoms with E-state index in [4.69, 9.17) is 15.2 Å². The molecule has 1 aromatic carbocycles. The van der Waals surface area contributed by atoms with Crippen LogP contribution in [0.15, 0.2) is 29.3 Å². The molecule has 4 N–H and O–H groups in total. The first-order valence-electron chi connectivity index (χ1n) is 9.00. The topological polar surface area (TPSA) is 98.0 Å². The molecule has 0 aromatic heterocycles. The number of nitrogens with zero attached hydrogens (tertiary/aromatic N) is 1. The fourth-order valence-corrected chi connectivity index (χ4v) is 3.09. The van der Waals surface area contributed by atoms with E-state index in [0.29, 0.717) is 17.7 Å². The van der Waals surface area contributed by atoms with E-state index in [2.05, 4.69) is 15.6 Å². The Kier molecular flexibility index (Phi) is 7.72. The van der Waals surface area contributed by atoms with E-state index in [0.717, 1.165) is 31.1 Å². The molecule has 7 heteroatoms. The average Bonchev–Trinajstić information content (AvgIpc) is 2.61. The number of benzene rings is 1. The van der Waals surface area contributed by atoms with E-state index < -0.39 is 5.91 Å². The van der Waals surface area contributed by atoms with Gasteiger partial charge in [-0.1, -0.05) is 18.6 Å². The Bertz CT molecular complexity index is 615. The van der Waals surface area contributed by atoms with Crippen molar-refractivity contribution in [2.24, 2.45) is 16.1 Å². The summed E-state index contributed by atoms with van der Waals surface area (Å²) in [4.78, 5) is 15.1. The second-order valence-electron chi connectivity index (χ2n) is 6.78. The Morgan fingerprint density at radius 2 is 2.15 bits per heavy atom. The molecule has 0 heterocycles. The summed E-state index contributed by atoms with van der Waals surface area (Å²) in [6.07, 6.45) is 4.83. The number of amides is 1. The number of carbonyl (C=O) groups excluding carboxylic acids is 1. The number of hydrogen-bond donors (Lipinski definition) is 3. The van der Waals surface area contributed by atoms with Gasteiger partial charge in [-0.3, -0.25) is 9.79 Å². The molecule has 0 atom stereocenters. The highest BCUT2D eigenvalue weighted by molar-refractivity contribution is 5.79. The van der Waals surface area contributed by atoms with E-state index >= 15 is 0 Å². The number of methoxy groups -OCH3 is 1. The zero-order chi connectivity index (χ0) is 18.8. The lowest BCUT2D eigenvalue weighted by atomic mass is 9.67. The largest absolute Gasteiger partial charge is 0.484 e. The number of rotatable bonds is 10. The minimum absolute atomic E-state index is 0.121. The number of guanidine groups is 1. The number of primary amides is 1. The number of carbonyl (C=O) groups is 1. The van der Waals surface area contributed by atoms with Crippen LogP contribution in [0.4, 0.5) is 0 Å². The summed E-state index contributed by atoms with van der Waals surface area (Å²) >= 11 is 0. The lowest BCUT2D eigenvalue weighted by Gasteiger charge is -2.42. The van der Waals surface area contributed by atoms with Gasteiger partial charge in [0.2, 0.25) is 0 Å². The monoisotopic (exact) mass is 362 g/mol. The van der Waals surface area contributed by atoms with Crippen LogP contribution in [0.25, 0.3) is 0 Å². The Morgan fingerprint density at radius 1 is 1.35 bits per heavy atom. The minimum Gasteiger partial charge on any atom is -0.484 e. The predicted molar refractivity (Wildman–Crippen MR) is 102 cm³/mol. The fourth-order valence-electron chi connectivity index (χ4n) is 3.09. The molecule has 7 nitrogen and oxygen atoms in total. The van der Waals surface area contributed by atoms with Gasteiger partial charge in [-0.15, -0.1) is 0 Å². The maximum atomic E-state index is 10.8. The molecule has 1 fully saturated rings. The minimum atomic E-state index is -0.489. The number of hydrogen-bond acceptors (Lipinski definition) is 4. The third-order valence-corrected chi connectivity index (χ3v) is 4.84. The summed E-state index contributed by atoms with van der Waals surface area (Å²) < 4.78 is 10.6. The van der Waals surface area contributed by atoms with Crippen molar-refractivity contribution in [3.05, 3.63) is 29.8 Å². The molecular formula is C19H30N4O3. The van der Waals surface area contributed by atoms with Crippen LogP contribution in [-0.2, 0) is 16.1 Å². The Labute approximate surface area is 155 Å². The number of aliphatic imine (C=N–C) groups is 1. The maximum Gasteiger partial charge on any atom is 0.255 e. The van der Waals surface area contributed by atoms with E-state index in [1.165, 1.54) is 19.3 Å². The van der Waals surface area contributed by atoms with E-state index in [-0.39, 0.29) is 6.61 Å². The quantitative estimate of drug-likeness (QED) is 0.432. The highest BCUT2D eigenvalue weighted by atomic mass is 16.5. The third kappa shape index (κ3) is 6.22. The van der Waals surface area contributed by atoms with Crippen molar-refractivity contribution in [1.82, 2.24) is 10.6 Å². The van der Waals surface area contributed by atoms with Gasteiger partial charge in [0.25, 0.3) is 5.91 Å². The van der Waals surface area contributed by atoms with Gasteiger partial charge in [-0.05, 0) is 42.4 Å². The molecule has 2 rings (SSSR count). The lowest BCUT2D eigenvalue weighted by molar-refractivity contribution is -0.119. The molecule has 1 aromatic rings.